The van der Waals surface area contributed by atoms with Gasteiger partial charge < -0.3 is 39.8 Å². The van der Waals surface area contributed by atoms with Crippen LogP contribution in [-0.2, 0) is 38.1 Å². The number of ether oxygens (including phenoxy) is 4. The summed E-state index contributed by atoms with van der Waals surface area (Å²) >= 11 is 0. The first-order chi connectivity index (χ1) is 27.4. The van der Waals surface area contributed by atoms with Gasteiger partial charge in [0.05, 0.1) is 52.1 Å². The smallest absolute Gasteiger partial charge is 0.306 e. The summed E-state index contributed by atoms with van der Waals surface area (Å²) in [5, 5.41) is 48.7. The summed E-state index contributed by atoms with van der Waals surface area (Å²) in [7, 11) is 0. The minimum absolute atomic E-state index is 0.0552. The molecule has 0 aromatic rings. The van der Waals surface area contributed by atoms with Crippen molar-refractivity contribution in [2.45, 2.75) is 206 Å². The van der Waals surface area contributed by atoms with Gasteiger partial charge in [0.15, 0.2) is 0 Å². The van der Waals surface area contributed by atoms with Gasteiger partial charge in [0.1, 0.15) is 0 Å². The summed E-state index contributed by atoms with van der Waals surface area (Å²) in [6.45, 7) is 29.8. The monoisotopic (exact) mass is 869 g/mol. The van der Waals surface area contributed by atoms with Crippen LogP contribution in [0.3, 0.4) is 0 Å². The molecule has 0 saturated carbocycles. The number of carbonyl (C=O) groups is 4. The highest BCUT2D eigenvalue weighted by molar-refractivity contribution is 5.81. The van der Waals surface area contributed by atoms with E-state index in [-0.39, 0.29) is 50.1 Å². The fourth-order valence-electron chi connectivity index (χ4n) is 11.2. The lowest BCUT2D eigenvalue weighted by molar-refractivity contribution is -0.199. The summed E-state index contributed by atoms with van der Waals surface area (Å²) < 4.78 is 23.5. The highest BCUT2D eigenvalue weighted by Crippen LogP contribution is 2.48. The van der Waals surface area contributed by atoms with E-state index in [1.54, 1.807) is 0 Å². The molecule has 352 valence electrons. The van der Waals surface area contributed by atoms with Crippen LogP contribution in [0.1, 0.15) is 162 Å². The molecule has 4 heterocycles. The normalized spacial score (nSPS) is 30.8. The lowest BCUT2D eigenvalue weighted by Gasteiger charge is -2.36. The van der Waals surface area contributed by atoms with E-state index in [0.29, 0.717) is 25.7 Å². The molecule has 61 heavy (non-hydrogen) atoms. The molecule has 0 aliphatic carbocycles. The van der Waals surface area contributed by atoms with E-state index in [2.05, 4.69) is 0 Å². The average Bonchev–Trinajstić information content (AvgIpc) is 3.54. The van der Waals surface area contributed by atoms with Gasteiger partial charge in [-0.3, -0.25) is 19.2 Å². The Kier molecular flexibility index (Phi) is 14.4. The highest BCUT2D eigenvalue weighted by atomic mass is 16.6. The van der Waals surface area contributed by atoms with Gasteiger partial charge in [0.25, 0.3) is 0 Å². The molecule has 4 aliphatic rings. The van der Waals surface area contributed by atoms with E-state index in [9.17, 15) is 40.0 Å². The topological polar surface area (TPSA) is 199 Å². The maximum absolute atomic E-state index is 14.0. The fourth-order valence-corrected chi connectivity index (χ4v) is 11.2. The summed E-state index contributed by atoms with van der Waals surface area (Å²) in [4.78, 5) is 56.2. The van der Waals surface area contributed by atoms with Crippen molar-refractivity contribution in [3.8, 4) is 0 Å². The number of hydrogen-bond acceptors (Lipinski definition) is 16. The minimum Gasteiger partial charge on any atom is -0.465 e. The Bertz CT molecular complexity index is 1400. The third-order valence-corrected chi connectivity index (χ3v) is 15.3. The number of nitrogens with zero attached hydrogens (tertiary/aromatic N) is 4. The number of hydroxylamine groups is 8. The van der Waals surface area contributed by atoms with Crippen molar-refractivity contribution in [3.05, 3.63) is 0 Å². The Labute approximate surface area is 364 Å². The zero-order valence-electron chi connectivity index (χ0n) is 40.1. The van der Waals surface area contributed by atoms with E-state index >= 15 is 0 Å². The minimum atomic E-state index is -1.70. The van der Waals surface area contributed by atoms with Crippen LogP contribution < -0.4 is 0 Å². The highest BCUT2D eigenvalue weighted by Gasteiger charge is 2.55. The molecule has 0 amide bonds. The molecule has 4 unspecified atom stereocenters. The molecular formula is C45H80N4O12. The van der Waals surface area contributed by atoms with Gasteiger partial charge in [-0.15, -0.1) is 0 Å². The van der Waals surface area contributed by atoms with Crippen molar-refractivity contribution in [1.82, 2.24) is 20.3 Å². The van der Waals surface area contributed by atoms with Crippen molar-refractivity contribution < 1.29 is 59.0 Å². The Morgan fingerprint density at radius 3 is 0.689 bits per heavy atom. The van der Waals surface area contributed by atoms with Crippen LogP contribution in [0.15, 0.2) is 0 Å². The zero-order chi connectivity index (χ0) is 46.7. The van der Waals surface area contributed by atoms with Gasteiger partial charge >= 0.3 is 23.9 Å². The van der Waals surface area contributed by atoms with Gasteiger partial charge in [-0.25, -0.2) is 0 Å². The number of rotatable bonds is 16. The Hall–Kier alpha value is -2.44. The maximum atomic E-state index is 14.0. The van der Waals surface area contributed by atoms with Crippen molar-refractivity contribution in [3.63, 3.8) is 0 Å². The lowest BCUT2D eigenvalue weighted by Crippen LogP contribution is -2.48. The summed E-state index contributed by atoms with van der Waals surface area (Å²) in [6.07, 6.45) is -0.0180. The summed E-state index contributed by atoms with van der Waals surface area (Å²) in [6, 6.07) is 0. The maximum Gasteiger partial charge on any atom is 0.306 e. The van der Waals surface area contributed by atoms with E-state index in [0.717, 1.165) is 0 Å². The standard InChI is InChI=1S/C45H80N4O12/c1-37(2)17-29(41(9,10)46(37)54)25-58-33(50)21-45(22-34(51)59-26-30-18-38(3,4)47(55)42(30,11)12,23-35(52)60-27-31-19-39(5,6)48(56)43(31,13)14)24-36(53)61-28-32-20-40(7,8)49(57)44(32,15)16/h29-32,54-57H,17-28H2,1-16H3. The Morgan fingerprint density at radius 1 is 0.393 bits per heavy atom. The first-order valence-electron chi connectivity index (χ1n) is 22.0. The largest absolute Gasteiger partial charge is 0.465 e. The quantitative estimate of drug-likeness (QED) is 0.0934. The first kappa shape index (κ1) is 51.2. The predicted molar refractivity (Wildman–Crippen MR) is 224 cm³/mol. The number of esters is 4. The first-order valence-corrected chi connectivity index (χ1v) is 22.0. The van der Waals surface area contributed by atoms with Crippen molar-refractivity contribution in [2.75, 3.05) is 26.4 Å². The lowest BCUT2D eigenvalue weighted by atomic mass is 9.75. The molecule has 0 spiro atoms. The van der Waals surface area contributed by atoms with Gasteiger partial charge in [-0.1, -0.05) is 0 Å². The number of carbonyl (C=O) groups excluding carboxylic acids is 4. The van der Waals surface area contributed by atoms with Crippen LogP contribution >= 0.6 is 0 Å². The van der Waals surface area contributed by atoms with E-state index in [1.165, 1.54) is 20.3 Å². The predicted octanol–water partition coefficient (Wildman–Crippen LogP) is 6.78. The SMILES string of the molecule is CC1(C)CC(COC(=O)CC(CC(=O)OCC2CC(C)(C)N(O)C2(C)C)(CC(=O)OCC2CC(C)(C)N(O)C2(C)C)CC(=O)OCC2CC(C)(C)N(O)C2(C)C)C(C)(C)N1O. The van der Waals surface area contributed by atoms with Crippen LogP contribution in [-0.4, -0.2) is 136 Å². The summed E-state index contributed by atoms with van der Waals surface area (Å²) in [5.74, 6) is -4.04. The molecule has 16 heteroatoms. The van der Waals surface area contributed by atoms with Gasteiger partial charge in [-0.05, 0) is 136 Å². The van der Waals surface area contributed by atoms with Crippen LogP contribution in [0.5, 0.6) is 0 Å². The van der Waals surface area contributed by atoms with Gasteiger partial charge in [0.2, 0.25) is 0 Å². The molecule has 4 saturated heterocycles. The molecule has 0 bridgehead atoms. The van der Waals surface area contributed by atoms with Crippen molar-refractivity contribution >= 4 is 23.9 Å². The molecule has 0 aromatic carbocycles. The van der Waals surface area contributed by atoms with Crippen molar-refractivity contribution in [1.29, 1.82) is 0 Å². The summed E-state index contributed by atoms with van der Waals surface area (Å²) in [5.41, 5.74) is -6.95. The zero-order valence-corrected chi connectivity index (χ0v) is 40.1. The van der Waals surface area contributed by atoms with Crippen molar-refractivity contribution in [2.24, 2.45) is 29.1 Å². The molecule has 4 rings (SSSR count). The molecule has 4 fully saturated rings. The Morgan fingerprint density at radius 2 is 0.557 bits per heavy atom. The third-order valence-electron chi connectivity index (χ3n) is 15.3. The molecule has 0 aromatic heterocycles. The molecular weight excluding hydrogens is 789 g/mol. The second-order valence-corrected chi connectivity index (χ2v) is 23.7. The molecule has 0 radical (unpaired) electrons. The second-order valence-electron chi connectivity index (χ2n) is 23.7. The Balaban J connectivity index is 1.63. The van der Waals surface area contributed by atoms with E-state index < -0.39 is 99.3 Å². The molecule has 4 aliphatic heterocycles. The van der Waals surface area contributed by atoms with Gasteiger partial charge in [0, 0.05) is 73.4 Å². The molecule has 4 N–H and O–H groups in total. The number of hydrogen-bond donors (Lipinski definition) is 4. The molecule has 4 atom stereocenters. The molecule has 16 nitrogen and oxygen atoms in total. The third kappa shape index (κ3) is 10.6. The fraction of sp³-hybridized carbons (Fsp3) is 0.911. The van der Waals surface area contributed by atoms with Crippen LogP contribution in [0, 0.1) is 29.1 Å². The van der Waals surface area contributed by atoms with Gasteiger partial charge in [-0.2, -0.15) is 20.3 Å². The van der Waals surface area contributed by atoms with Crippen LogP contribution in [0.2, 0.25) is 0 Å². The average molecular weight is 869 g/mol. The van der Waals surface area contributed by atoms with E-state index in [1.807, 2.05) is 111 Å². The van der Waals surface area contributed by atoms with E-state index in [4.69, 9.17) is 18.9 Å². The van der Waals surface area contributed by atoms with Crippen LogP contribution in [0.4, 0.5) is 0 Å². The second kappa shape index (κ2) is 17.2. The van der Waals surface area contributed by atoms with Crippen LogP contribution in [0.25, 0.3) is 0 Å².